The van der Waals surface area contributed by atoms with Crippen molar-refractivity contribution < 1.29 is 14.6 Å². The van der Waals surface area contributed by atoms with E-state index in [-0.39, 0.29) is 21.6 Å². The van der Waals surface area contributed by atoms with Gasteiger partial charge in [-0.2, -0.15) is 0 Å². The normalized spacial score (nSPS) is 10.0. The molecule has 0 saturated carbocycles. The Balaban J connectivity index is 2.12. The standard InChI is InChI=1S/C15H12Cl2N2O3S/c1-22-12-5-3-2-4-9(12)14(21)19-15(23)18-11-7-8(16)6-10(17)13(11)20/h2-7,20H,1H3,(H2,18,19,21,23). The highest BCUT2D eigenvalue weighted by molar-refractivity contribution is 7.80. The van der Waals surface area contributed by atoms with Gasteiger partial charge in [0.2, 0.25) is 0 Å². The van der Waals surface area contributed by atoms with Crippen molar-refractivity contribution in [3.05, 3.63) is 52.0 Å². The molecule has 0 radical (unpaired) electrons. The van der Waals surface area contributed by atoms with Gasteiger partial charge in [-0.1, -0.05) is 35.3 Å². The van der Waals surface area contributed by atoms with E-state index in [0.29, 0.717) is 16.3 Å². The highest BCUT2D eigenvalue weighted by Crippen LogP contribution is 2.34. The minimum absolute atomic E-state index is 0.0189. The average molecular weight is 371 g/mol. The fourth-order valence-corrected chi connectivity index (χ4v) is 2.51. The minimum Gasteiger partial charge on any atom is -0.504 e. The quantitative estimate of drug-likeness (QED) is 0.565. The van der Waals surface area contributed by atoms with Gasteiger partial charge in [0.15, 0.2) is 10.9 Å². The van der Waals surface area contributed by atoms with Gasteiger partial charge < -0.3 is 15.2 Å². The van der Waals surface area contributed by atoms with Crippen LogP contribution in [0.2, 0.25) is 10.0 Å². The number of ether oxygens (including phenoxy) is 1. The number of hydrogen-bond acceptors (Lipinski definition) is 4. The van der Waals surface area contributed by atoms with Crippen LogP contribution in [-0.2, 0) is 0 Å². The number of phenolic OH excluding ortho intramolecular Hbond substituents is 1. The van der Waals surface area contributed by atoms with Crippen molar-refractivity contribution in [2.24, 2.45) is 0 Å². The largest absolute Gasteiger partial charge is 0.504 e. The van der Waals surface area contributed by atoms with Crippen LogP contribution in [0.15, 0.2) is 36.4 Å². The fourth-order valence-electron chi connectivity index (χ4n) is 1.82. The molecule has 2 rings (SSSR count). The van der Waals surface area contributed by atoms with Crippen LogP contribution in [0.1, 0.15) is 10.4 Å². The number of hydrogen-bond donors (Lipinski definition) is 3. The van der Waals surface area contributed by atoms with Crippen molar-refractivity contribution in [2.75, 3.05) is 12.4 Å². The van der Waals surface area contributed by atoms with Gasteiger partial charge >= 0.3 is 0 Å². The number of carbonyl (C=O) groups is 1. The Morgan fingerprint density at radius 1 is 1.26 bits per heavy atom. The van der Waals surface area contributed by atoms with E-state index < -0.39 is 5.91 Å². The maximum atomic E-state index is 12.2. The Morgan fingerprint density at radius 3 is 2.65 bits per heavy atom. The first-order valence-corrected chi connectivity index (χ1v) is 7.52. The molecule has 0 bridgehead atoms. The van der Waals surface area contributed by atoms with Crippen molar-refractivity contribution >= 4 is 52.1 Å². The minimum atomic E-state index is -0.451. The van der Waals surface area contributed by atoms with Crippen molar-refractivity contribution in [1.29, 1.82) is 0 Å². The van der Waals surface area contributed by atoms with Gasteiger partial charge in [-0.05, 0) is 36.5 Å². The number of aromatic hydroxyl groups is 1. The smallest absolute Gasteiger partial charge is 0.261 e. The van der Waals surface area contributed by atoms with E-state index in [2.05, 4.69) is 10.6 Å². The Kier molecular flexibility index (Phi) is 5.65. The molecule has 0 atom stereocenters. The van der Waals surface area contributed by atoms with E-state index in [1.165, 1.54) is 19.2 Å². The van der Waals surface area contributed by atoms with E-state index >= 15 is 0 Å². The summed E-state index contributed by atoms with van der Waals surface area (Å²) >= 11 is 16.7. The molecule has 0 aliphatic heterocycles. The Labute approximate surface area is 148 Å². The molecular formula is C15H12Cl2N2O3S. The second-order valence-corrected chi connectivity index (χ2v) is 5.64. The zero-order chi connectivity index (χ0) is 17.0. The highest BCUT2D eigenvalue weighted by atomic mass is 35.5. The molecule has 120 valence electrons. The van der Waals surface area contributed by atoms with Crippen molar-refractivity contribution in [2.45, 2.75) is 0 Å². The zero-order valence-corrected chi connectivity index (χ0v) is 14.2. The molecule has 0 unspecified atom stereocenters. The number of benzene rings is 2. The van der Waals surface area contributed by atoms with Gasteiger partial charge in [-0.25, -0.2) is 0 Å². The lowest BCUT2D eigenvalue weighted by atomic mass is 10.2. The van der Waals surface area contributed by atoms with Crippen LogP contribution in [-0.4, -0.2) is 23.2 Å². The van der Waals surface area contributed by atoms with Gasteiger partial charge in [0, 0.05) is 5.02 Å². The summed E-state index contributed by atoms with van der Waals surface area (Å²) in [6.07, 6.45) is 0. The molecule has 5 nitrogen and oxygen atoms in total. The maximum absolute atomic E-state index is 12.2. The first kappa shape index (κ1) is 17.3. The number of thiocarbonyl (C=S) groups is 1. The van der Waals surface area contributed by atoms with E-state index in [4.69, 9.17) is 40.2 Å². The number of nitrogens with one attached hydrogen (secondary N) is 2. The summed E-state index contributed by atoms with van der Waals surface area (Å²) in [6.45, 7) is 0. The third kappa shape index (κ3) is 4.25. The number of rotatable bonds is 3. The maximum Gasteiger partial charge on any atom is 0.261 e. The lowest BCUT2D eigenvalue weighted by Gasteiger charge is -2.13. The summed E-state index contributed by atoms with van der Waals surface area (Å²) in [4.78, 5) is 12.2. The van der Waals surface area contributed by atoms with Crippen LogP contribution >= 0.6 is 35.4 Å². The summed E-state index contributed by atoms with van der Waals surface area (Å²) in [5, 5.41) is 15.4. The van der Waals surface area contributed by atoms with E-state index in [1.54, 1.807) is 24.3 Å². The Hall–Kier alpha value is -2.02. The summed E-state index contributed by atoms with van der Waals surface area (Å²) < 4.78 is 5.12. The number of phenols is 1. The van der Waals surface area contributed by atoms with Gasteiger partial charge in [-0.15, -0.1) is 0 Å². The predicted octanol–water partition coefficient (Wildman–Crippen LogP) is 3.83. The molecule has 0 fully saturated rings. The third-order valence-electron chi connectivity index (χ3n) is 2.86. The van der Waals surface area contributed by atoms with Gasteiger partial charge in [0.05, 0.1) is 23.4 Å². The second kappa shape index (κ2) is 7.50. The number of methoxy groups -OCH3 is 1. The molecule has 23 heavy (non-hydrogen) atoms. The first-order chi connectivity index (χ1) is 10.9. The number of halogens is 2. The Bertz CT molecular complexity index is 768. The zero-order valence-electron chi connectivity index (χ0n) is 11.9. The lowest BCUT2D eigenvalue weighted by molar-refractivity contribution is 0.0975. The van der Waals surface area contributed by atoms with Crippen molar-refractivity contribution in [3.63, 3.8) is 0 Å². The molecule has 0 spiro atoms. The molecule has 1 amide bonds. The van der Waals surface area contributed by atoms with Gasteiger partial charge in [-0.3, -0.25) is 10.1 Å². The van der Waals surface area contributed by atoms with E-state index in [1.807, 2.05) is 0 Å². The van der Waals surface area contributed by atoms with Crippen molar-refractivity contribution in [1.82, 2.24) is 5.32 Å². The number of carbonyl (C=O) groups excluding carboxylic acids is 1. The van der Waals surface area contributed by atoms with Crippen LogP contribution in [0.25, 0.3) is 0 Å². The summed E-state index contributed by atoms with van der Waals surface area (Å²) in [7, 11) is 1.47. The molecule has 0 aliphatic rings. The SMILES string of the molecule is COc1ccccc1C(=O)NC(=S)Nc1cc(Cl)cc(Cl)c1O. The van der Waals surface area contributed by atoms with Gasteiger partial charge in [0.1, 0.15) is 5.75 Å². The Morgan fingerprint density at radius 2 is 1.96 bits per heavy atom. The van der Waals surface area contributed by atoms with Crippen molar-refractivity contribution in [3.8, 4) is 11.5 Å². The molecule has 0 heterocycles. The van der Waals surface area contributed by atoms with Crippen LogP contribution in [0, 0.1) is 0 Å². The fraction of sp³-hybridized carbons (Fsp3) is 0.0667. The van der Waals surface area contributed by atoms with E-state index in [0.717, 1.165) is 0 Å². The monoisotopic (exact) mass is 370 g/mol. The highest BCUT2D eigenvalue weighted by Gasteiger charge is 2.14. The number of anilines is 1. The summed E-state index contributed by atoms with van der Waals surface area (Å²) in [5.74, 6) is -0.251. The second-order valence-electron chi connectivity index (χ2n) is 4.39. The van der Waals surface area contributed by atoms with Crippen LogP contribution < -0.4 is 15.4 Å². The summed E-state index contributed by atoms with van der Waals surface area (Å²) in [6, 6.07) is 9.54. The number of amides is 1. The van der Waals surface area contributed by atoms with E-state index in [9.17, 15) is 9.90 Å². The lowest BCUT2D eigenvalue weighted by Crippen LogP contribution is -2.34. The first-order valence-electron chi connectivity index (χ1n) is 6.35. The molecule has 0 aliphatic carbocycles. The topological polar surface area (TPSA) is 70.6 Å². The predicted molar refractivity (Wildman–Crippen MR) is 94.8 cm³/mol. The molecule has 2 aromatic carbocycles. The molecule has 0 saturated heterocycles. The summed E-state index contributed by atoms with van der Waals surface area (Å²) in [5.41, 5.74) is 0.514. The third-order valence-corrected chi connectivity index (χ3v) is 3.57. The average Bonchev–Trinajstić information content (AvgIpc) is 2.51. The van der Waals surface area contributed by atoms with Crippen LogP contribution in [0.4, 0.5) is 5.69 Å². The molecule has 8 heteroatoms. The van der Waals surface area contributed by atoms with Gasteiger partial charge in [0.25, 0.3) is 5.91 Å². The molecular weight excluding hydrogens is 359 g/mol. The molecule has 3 N–H and O–H groups in total. The number of para-hydroxylation sites is 1. The van der Waals surface area contributed by atoms with Crippen LogP contribution in [0.3, 0.4) is 0 Å². The molecule has 0 aromatic heterocycles. The molecule has 2 aromatic rings. The van der Waals surface area contributed by atoms with Crippen LogP contribution in [0.5, 0.6) is 11.5 Å².